The van der Waals surface area contributed by atoms with Crippen molar-refractivity contribution in [3.63, 3.8) is 0 Å². The van der Waals surface area contributed by atoms with E-state index in [-0.39, 0.29) is 0 Å². The van der Waals surface area contributed by atoms with Crippen molar-refractivity contribution in [1.29, 1.82) is 0 Å². The molecule has 2 atom stereocenters. The molecule has 92 valence electrons. The van der Waals surface area contributed by atoms with Crippen molar-refractivity contribution >= 4 is 5.82 Å². The maximum Gasteiger partial charge on any atom is 0.132 e. The number of fused-ring (bicyclic) bond motifs is 3. The summed E-state index contributed by atoms with van der Waals surface area (Å²) in [6.07, 6.45) is 2.19. The lowest BCUT2D eigenvalue weighted by Crippen LogP contribution is -2.55. The lowest BCUT2D eigenvalue weighted by molar-refractivity contribution is 0.427. The van der Waals surface area contributed by atoms with Gasteiger partial charge >= 0.3 is 0 Å². The zero-order valence-electron chi connectivity index (χ0n) is 11.0. The predicted octanol–water partition coefficient (Wildman–Crippen LogP) is 1.68. The van der Waals surface area contributed by atoms with E-state index in [4.69, 9.17) is 4.98 Å². The second kappa shape index (κ2) is 3.98. The molecule has 0 spiro atoms. The predicted molar refractivity (Wildman–Crippen MR) is 70.7 cm³/mol. The number of aromatic nitrogens is 1. The van der Waals surface area contributed by atoms with E-state index in [0.29, 0.717) is 12.1 Å². The van der Waals surface area contributed by atoms with Gasteiger partial charge in [-0.2, -0.15) is 0 Å². The quantitative estimate of drug-likeness (QED) is 0.797. The fourth-order valence-electron chi connectivity index (χ4n) is 3.25. The molecule has 0 radical (unpaired) electrons. The summed E-state index contributed by atoms with van der Waals surface area (Å²) < 4.78 is 0. The van der Waals surface area contributed by atoms with Crippen LogP contribution in [-0.4, -0.2) is 30.2 Å². The molecule has 1 N–H and O–H groups in total. The molecule has 1 aromatic rings. The molecule has 17 heavy (non-hydrogen) atoms. The summed E-state index contributed by atoms with van der Waals surface area (Å²) in [6, 6.07) is 3.54. The number of nitrogens with one attached hydrogen (secondary N) is 1. The van der Waals surface area contributed by atoms with Gasteiger partial charge in [-0.3, -0.25) is 0 Å². The maximum atomic E-state index is 4.90. The monoisotopic (exact) mass is 231 g/mol. The number of aryl methyl sites for hydroxylation is 2. The van der Waals surface area contributed by atoms with Gasteiger partial charge in [0.2, 0.25) is 0 Å². The van der Waals surface area contributed by atoms with E-state index in [2.05, 4.69) is 37.1 Å². The number of anilines is 1. The van der Waals surface area contributed by atoms with Crippen LogP contribution < -0.4 is 10.2 Å². The summed E-state index contributed by atoms with van der Waals surface area (Å²) in [5.41, 5.74) is 4.06. The molecule has 1 saturated heterocycles. The van der Waals surface area contributed by atoms with Gasteiger partial charge in [0.1, 0.15) is 5.82 Å². The molecule has 1 fully saturated rings. The Hall–Kier alpha value is -1.09. The van der Waals surface area contributed by atoms with Crippen LogP contribution in [0, 0.1) is 6.92 Å². The largest absolute Gasteiger partial charge is 0.348 e. The van der Waals surface area contributed by atoms with Gasteiger partial charge < -0.3 is 10.2 Å². The highest BCUT2D eigenvalue weighted by atomic mass is 15.3. The Labute approximate surface area is 103 Å². The number of rotatable bonds is 1. The minimum atomic E-state index is 0.565. The van der Waals surface area contributed by atoms with Crippen LogP contribution in [0.2, 0.25) is 0 Å². The summed E-state index contributed by atoms with van der Waals surface area (Å²) in [5, 5.41) is 3.51. The molecule has 2 aliphatic rings. The molecular weight excluding hydrogens is 210 g/mol. The second-order valence-electron chi connectivity index (χ2n) is 5.36. The molecular formula is C14H21N3. The first-order valence-corrected chi connectivity index (χ1v) is 6.69. The molecule has 0 unspecified atom stereocenters. The Morgan fingerprint density at radius 3 is 3.06 bits per heavy atom. The number of pyridine rings is 1. The molecule has 3 heteroatoms. The van der Waals surface area contributed by atoms with Crippen LogP contribution in [0.15, 0.2) is 6.07 Å². The molecule has 0 saturated carbocycles. The second-order valence-corrected chi connectivity index (χ2v) is 5.36. The van der Waals surface area contributed by atoms with E-state index in [1.807, 2.05) is 0 Å². The summed E-state index contributed by atoms with van der Waals surface area (Å²) in [6.45, 7) is 8.84. The van der Waals surface area contributed by atoms with Gasteiger partial charge in [0.05, 0.1) is 0 Å². The van der Waals surface area contributed by atoms with E-state index < -0.39 is 0 Å². The SMILES string of the molecule is CCc1nc2c(cc1C)C[C@@H]1CNC[C@@H](C)N21. The van der Waals surface area contributed by atoms with Crippen LogP contribution in [0.1, 0.15) is 30.7 Å². The minimum absolute atomic E-state index is 0.565. The van der Waals surface area contributed by atoms with Crippen LogP contribution in [0.3, 0.4) is 0 Å². The first-order chi connectivity index (χ1) is 8.20. The first kappa shape index (κ1) is 11.0. The molecule has 0 aliphatic carbocycles. The number of hydrogen-bond acceptors (Lipinski definition) is 3. The van der Waals surface area contributed by atoms with Gasteiger partial charge in [-0.1, -0.05) is 13.0 Å². The Balaban J connectivity index is 2.05. The Bertz CT molecular complexity index is 441. The van der Waals surface area contributed by atoms with E-state index in [0.717, 1.165) is 25.9 Å². The smallest absolute Gasteiger partial charge is 0.132 e. The van der Waals surface area contributed by atoms with Crippen molar-refractivity contribution in [2.75, 3.05) is 18.0 Å². The van der Waals surface area contributed by atoms with E-state index in [1.54, 1.807) is 0 Å². The molecule has 0 amide bonds. The molecule has 3 nitrogen and oxygen atoms in total. The average Bonchev–Trinajstić information content (AvgIpc) is 2.66. The Morgan fingerprint density at radius 2 is 2.29 bits per heavy atom. The minimum Gasteiger partial charge on any atom is -0.348 e. The van der Waals surface area contributed by atoms with Crippen molar-refractivity contribution in [1.82, 2.24) is 10.3 Å². The molecule has 3 heterocycles. The maximum absolute atomic E-state index is 4.90. The molecule has 0 bridgehead atoms. The fraction of sp³-hybridized carbons (Fsp3) is 0.643. The number of nitrogens with zero attached hydrogens (tertiary/aromatic N) is 2. The van der Waals surface area contributed by atoms with Crippen LogP contribution >= 0.6 is 0 Å². The van der Waals surface area contributed by atoms with E-state index in [1.165, 1.54) is 22.6 Å². The van der Waals surface area contributed by atoms with Crippen LogP contribution in [0.4, 0.5) is 5.82 Å². The Morgan fingerprint density at radius 1 is 1.47 bits per heavy atom. The third-order valence-electron chi connectivity index (χ3n) is 4.10. The number of piperazine rings is 1. The van der Waals surface area contributed by atoms with Crippen molar-refractivity contribution in [3.8, 4) is 0 Å². The zero-order chi connectivity index (χ0) is 12.0. The highest BCUT2D eigenvalue weighted by Gasteiger charge is 2.36. The third-order valence-corrected chi connectivity index (χ3v) is 4.10. The van der Waals surface area contributed by atoms with Gasteiger partial charge in [-0.05, 0) is 37.8 Å². The summed E-state index contributed by atoms with van der Waals surface area (Å²) >= 11 is 0. The van der Waals surface area contributed by atoms with Gasteiger partial charge in [0.15, 0.2) is 0 Å². The highest BCUT2D eigenvalue weighted by Crippen LogP contribution is 2.34. The standard InChI is InChI=1S/C14H21N3/c1-4-13-9(2)5-11-6-12-8-15-7-10(3)17(12)14(11)16-13/h5,10,12,15H,4,6-8H2,1-3H3/t10-,12-/m1/s1. The zero-order valence-corrected chi connectivity index (χ0v) is 11.0. The van der Waals surface area contributed by atoms with Crippen LogP contribution in [-0.2, 0) is 12.8 Å². The van der Waals surface area contributed by atoms with Crippen molar-refractivity contribution in [2.24, 2.45) is 0 Å². The summed E-state index contributed by atoms with van der Waals surface area (Å²) in [7, 11) is 0. The first-order valence-electron chi connectivity index (χ1n) is 6.69. The molecule has 0 aromatic carbocycles. The van der Waals surface area contributed by atoms with Crippen LogP contribution in [0.25, 0.3) is 0 Å². The van der Waals surface area contributed by atoms with E-state index >= 15 is 0 Å². The molecule has 2 aliphatic heterocycles. The van der Waals surface area contributed by atoms with Gasteiger partial charge in [-0.15, -0.1) is 0 Å². The fourth-order valence-corrected chi connectivity index (χ4v) is 3.25. The van der Waals surface area contributed by atoms with Crippen LogP contribution in [0.5, 0.6) is 0 Å². The van der Waals surface area contributed by atoms with E-state index in [9.17, 15) is 0 Å². The average molecular weight is 231 g/mol. The summed E-state index contributed by atoms with van der Waals surface area (Å²) in [4.78, 5) is 7.44. The molecule has 3 rings (SSSR count). The summed E-state index contributed by atoms with van der Waals surface area (Å²) in [5.74, 6) is 1.26. The normalized spacial score (nSPS) is 26.9. The van der Waals surface area contributed by atoms with Crippen molar-refractivity contribution < 1.29 is 0 Å². The van der Waals surface area contributed by atoms with Gasteiger partial charge in [0.25, 0.3) is 0 Å². The van der Waals surface area contributed by atoms with Crippen molar-refractivity contribution in [2.45, 2.75) is 45.7 Å². The van der Waals surface area contributed by atoms with Gasteiger partial charge in [0, 0.05) is 30.9 Å². The lowest BCUT2D eigenvalue weighted by atomic mass is 10.1. The number of hydrogen-bond donors (Lipinski definition) is 1. The third kappa shape index (κ3) is 1.64. The van der Waals surface area contributed by atoms with Gasteiger partial charge in [-0.25, -0.2) is 4.98 Å². The molecule has 1 aromatic heterocycles. The Kier molecular flexibility index (Phi) is 2.58. The highest BCUT2D eigenvalue weighted by molar-refractivity contribution is 5.57. The van der Waals surface area contributed by atoms with Crippen molar-refractivity contribution in [3.05, 3.63) is 22.9 Å². The lowest BCUT2D eigenvalue weighted by Gasteiger charge is -2.37. The topological polar surface area (TPSA) is 28.2 Å².